The first-order valence-corrected chi connectivity index (χ1v) is 7.23. The number of carbonyl (C=O) groups is 1. The topological polar surface area (TPSA) is 109 Å². The number of amides is 1. The van der Waals surface area contributed by atoms with Gasteiger partial charge in [0.15, 0.2) is 0 Å². The Hall–Kier alpha value is -1.95. The molecule has 0 saturated carbocycles. The summed E-state index contributed by atoms with van der Waals surface area (Å²) in [6.07, 6.45) is 0. The molecule has 20 heavy (non-hydrogen) atoms. The fourth-order valence-corrected chi connectivity index (χ4v) is 1.71. The number of halogens is 1. The summed E-state index contributed by atoms with van der Waals surface area (Å²) in [7, 11) is -3.68. The maximum absolute atomic E-state index is 13.7. The van der Waals surface area contributed by atoms with Gasteiger partial charge in [-0.15, -0.1) is 0 Å². The van der Waals surface area contributed by atoms with Crippen molar-refractivity contribution < 1.29 is 22.7 Å². The Morgan fingerprint density at radius 3 is 2.70 bits per heavy atom. The zero-order valence-corrected chi connectivity index (χ0v) is 11.2. The highest BCUT2D eigenvalue weighted by atomic mass is 32.2. The van der Waals surface area contributed by atoms with Crippen LogP contribution in [-0.2, 0) is 10.0 Å². The molecule has 0 aromatic heterocycles. The number of primary sulfonamides is 1. The number of aliphatic hydroxyl groups excluding tert-OH is 1. The summed E-state index contributed by atoms with van der Waals surface area (Å²) in [4.78, 5) is 11.6. The van der Waals surface area contributed by atoms with Crippen molar-refractivity contribution in [1.29, 1.82) is 0 Å². The van der Waals surface area contributed by atoms with Gasteiger partial charge in [0, 0.05) is 12.1 Å². The number of nitrogens with one attached hydrogen (secondary N) is 1. The molecule has 1 aromatic carbocycles. The van der Waals surface area contributed by atoms with Crippen molar-refractivity contribution in [2.45, 2.75) is 0 Å². The van der Waals surface area contributed by atoms with Crippen LogP contribution in [0.3, 0.4) is 0 Å². The maximum Gasteiger partial charge on any atom is 0.254 e. The molecule has 0 fully saturated rings. The van der Waals surface area contributed by atoms with E-state index in [0.717, 1.165) is 6.07 Å². The third-order valence-electron chi connectivity index (χ3n) is 2.20. The first-order valence-electron chi connectivity index (χ1n) is 5.51. The fraction of sp³-hybridized carbons (Fsp3) is 0.250. The number of aliphatic hydroxyl groups is 1. The van der Waals surface area contributed by atoms with Crippen molar-refractivity contribution in [2.75, 3.05) is 18.9 Å². The summed E-state index contributed by atoms with van der Waals surface area (Å²) >= 11 is 0. The van der Waals surface area contributed by atoms with E-state index >= 15 is 0 Å². The lowest BCUT2D eigenvalue weighted by molar-refractivity contribution is 0.0952. The van der Waals surface area contributed by atoms with E-state index in [1.54, 1.807) is 0 Å². The van der Waals surface area contributed by atoms with Crippen LogP contribution in [0.4, 0.5) is 4.39 Å². The summed E-state index contributed by atoms with van der Waals surface area (Å²) in [5, 5.41) is 15.5. The van der Waals surface area contributed by atoms with Gasteiger partial charge in [-0.2, -0.15) is 0 Å². The Morgan fingerprint density at radius 1 is 1.45 bits per heavy atom. The highest BCUT2D eigenvalue weighted by molar-refractivity contribution is 7.89. The maximum atomic E-state index is 13.7. The second-order valence-electron chi connectivity index (χ2n) is 3.78. The SMILES string of the molecule is NS(=O)(=O)CCNC(=O)c1ccc(C#CCO)cc1F. The van der Waals surface area contributed by atoms with Gasteiger partial charge in [0.25, 0.3) is 5.91 Å². The molecular formula is C12H13FN2O4S. The molecule has 0 heterocycles. The first-order chi connectivity index (χ1) is 9.33. The van der Waals surface area contributed by atoms with Gasteiger partial charge in [-0.3, -0.25) is 4.79 Å². The Bertz CT molecular complexity index is 662. The molecule has 0 spiro atoms. The Kier molecular flexibility index (Phi) is 5.64. The van der Waals surface area contributed by atoms with Crippen molar-refractivity contribution in [1.82, 2.24) is 5.32 Å². The zero-order valence-electron chi connectivity index (χ0n) is 10.4. The van der Waals surface area contributed by atoms with Crippen LogP contribution in [0, 0.1) is 17.7 Å². The lowest BCUT2D eigenvalue weighted by Crippen LogP contribution is -2.31. The quantitative estimate of drug-likeness (QED) is 0.632. The monoisotopic (exact) mass is 300 g/mol. The average Bonchev–Trinajstić information content (AvgIpc) is 2.34. The molecule has 0 radical (unpaired) electrons. The summed E-state index contributed by atoms with van der Waals surface area (Å²) in [5.41, 5.74) is 0.0894. The van der Waals surface area contributed by atoms with E-state index in [0.29, 0.717) is 5.56 Å². The van der Waals surface area contributed by atoms with Crippen LogP contribution in [0.2, 0.25) is 0 Å². The van der Waals surface area contributed by atoms with Crippen LogP contribution in [0.1, 0.15) is 15.9 Å². The van der Waals surface area contributed by atoms with Crippen LogP contribution >= 0.6 is 0 Å². The highest BCUT2D eigenvalue weighted by Crippen LogP contribution is 2.09. The molecule has 4 N–H and O–H groups in total. The van der Waals surface area contributed by atoms with E-state index < -0.39 is 27.5 Å². The molecule has 6 nitrogen and oxygen atoms in total. The Labute approximate surface area is 115 Å². The van der Waals surface area contributed by atoms with Crippen molar-refractivity contribution in [2.24, 2.45) is 5.14 Å². The van der Waals surface area contributed by atoms with Crippen LogP contribution in [0.25, 0.3) is 0 Å². The second kappa shape index (κ2) is 7.00. The zero-order chi connectivity index (χ0) is 15.2. The average molecular weight is 300 g/mol. The highest BCUT2D eigenvalue weighted by Gasteiger charge is 2.12. The van der Waals surface area contributed by atoms with Crippen molar-refractivity contribution >= 4 is 15.9 Å². The lowest BCUT2D eigenvalue weighted by atomic mass is 10.1. The molecule has 0 aliphatic heterocycles. The van der Waals surface area contributed by atoms with Gasteiger partial charge >= 0.3 is 0 Å². The van der Waals surface area contributed by atoms with Crippen LogP contribution in [-0.4, -0.2) is 38.3 Å². The molecule has 1 rings (SSSR count). The van der Waals surface area contributed by atoms with Crippen molar-refractivity contribution in [3.63, 3.8) is 0 Å². The van der Waals surface area contributed by atoms with Gasteiger partial charge in [0.2, 0.25) is 10.0 Å². The van der Waals surface area contributed by atoms with E-state index in [4.69, 9.17) is 10.2 Å². The molecule has 0 aliphatic rings. The molecule has 0 saturated heterocycles. The van der Waals surface area contributed by atoms with Gasteiger partial charge in [0.1, 0.15) is 12.4 Å². The Morgan fingerprint density at radius 2 is 2.15 bits per heavy atom. The van der Waals surface area contributed by atoms with Gasteiger partial charge in [0.05, 0.1) is 11.3 Å². The minimum absolute atomic E-state index is 0.205. The molecule has 1 aromatic rings. The predicted octanol–water partition coefficient (Wildman–Crippen LogP) is -0.812. The molecule has 0 atom stereocenters. The molecule has 0 aliphatic carbocycles. The number of carbonyl (C=O) groups excluding carboxylic acids is 1. The minimum Gasteiger partial charge on any atom is -0.384 e. The minimum atomic E-state index is -3.68. The summed E-state index contributed by atoms with van der Waals surface area (Å²) in [6, 6.07) is 3.70. The molecule has 108 valence electrons. The number of hydrogen-bond acceptors (Lipinski definition) is 4. The fourth-order valence-electron chi connectivity index (χ4n) is 1.32. The van der Waals surface area contributed by atoms with E-state index in [2.05, 4.69) is 17.2 Å². The van der Waals surface area contributed by atoms with Crippen LogP contribution in [0.15, 0.2) is 18.2 Å². The molecule has 1 amide bonds. The largest absolute Gasteiger partial charge is 0.384 e. The lowest BCUT2D eigenvalue weighted by Gasteiger charge is -2.05. The number of rotatable bonds is 4. The molecule has 8 heteroatoms. The van der Waals surface area contributed by atoms with Crippen LogP contribution < -0.4 is 10.5 Å². The normalized spacial score (nSPS) is 10.6. The molecule has 0 unspecified atom stereocenters. The van der Waals surface area contributed by atoms with E-state index in [1.807, 2.05) is 0 Å². The number of benzene rings is 1. The predicted molar refractivity (Wildman–Crippen MR) is 70.7 cm³/mol. The summed E-state index contributed by atoms with van der Waals surface area (Å²) < 4.78 is 35.0. The van der Waals surface area contributed by atoms with Crippen molar-refractivity contribution in [3.05, 3.63) is 35.1 Å². The summed E-state index contributed by atoms with van der Waals surface area (Å²) in [5.74, 6) is 2.88. The van der Waals surface area contributed by atoms with Crippen molar-refractivity contribution in [3.8, 4) is 11.8 Å². The van der Waals surface area contributed by atoms with E-state index in [1.165, 1.54) is 12.1 Å². The number of hydrogen-bond donors (Lipinski definition) is 3. The Balaban J connectivity index is 2.74. The second-order valence-corrected chi connectivity index (χ2v) is 5.51. The molecule has 0 bridgehead atoms. The number of nitrogens with two attached hydrogens (primary N) is 1. The summed E-state index contributed by atoms with van der Waals surface area (Å²) in [6.45, 7) is -0.555. The van der Waals surface area contributed by atoms with E-state index in [9.17, 15) is 17.6 Å². The van der Waals surface area contributed by atoms with E-state index in [-0.39, 0.29) is 18.7 Å². The molecular weight excluding hydrogens is 287 g/mol. The standard InChI is InChI=1S/C12H13FN2O4S/c13-11-8-9(2-1-6-16)3-4-10(11)12(17)15-5-7-20(14,18)19/h3-4,8,16H,5-7H2,(H,15,17)(H2,14,18,19). The van der Waals surface area contributed by atoms with Gasteiger partial charge in [-0.25, -0.2) is 17.9 Å². The van der Waals surface area contributed by atoms with Crippen LogP contribution in [0.5, 0.6) is 0 Å². The van der Waals surface area contributed by atoms with Gasteiger partial charge in [-0.1, -0.05) is 11.8 Å². The first kappa shape index (κ1) is 16.1. The smallest absolute Gasteiger partial charge is 0.254 e. The van der Waals surface area contributed by atoms with Gasteiger partial charge < -0.3 is 10.4 Å². The third kappa shape index (κ3) is 5.36. The number of sulfonamides is 1. The third-order valence-corrected chi connectivity index (χ3v) is 2.97. The van der Waals surface area contributed by atoms with Gasteiger partial charge in [-0.05, 0) is 18.2 Å².